The van der Waals surface area contributed by atoms with Crippen LogP contribution in [-0.2, 0) is 18.1 Å². The van der Waals surface area contributed by atoms with Gasteiger partial charge >= 0.3 is 0 Å². The molecular formula is C9H13NO3. The van der Waals surface area contributed by atoms with Crippen LogP contribution in [-0.4, -0.2) is 12.2 Å². The minimum absolute atomic E-state index is 0.0540. The molecule has 0 aliphatic rings. The van der Waals surface area contributed by atoms with Gasteiger partial charge in [-0.25, -0.2) is 5.90 Å². The molecule has 1 rings (SSSR count). The van der Waals surface area contributed by atoms with E-state index in [4.69, 9.17) is 15.7 Å². The molecule has 4 nitrogen and oxygen atoms in total. The number of hydrogen-bond donors (Lipinski definition) is 2. The van der Waals surface area contributed by atoms with Crippen LogP contribution in [0.4, 0.5) is 0 Å². The van der Waals surface area contributed by atoms with E-state index in [1.54, 1.807) is 13.2 Å². The van der Waals surface area contributed by atoms with Crippen LogP contribution < -0.4 is 10.6 Å². The van der Waals surface area contributed by atoms with Gasteiger partial charge in [0.2, 0.25) is 0 Å². The van der Waals surface area contributed by atoms with Crippen LogP contribution in [0.1, 0.15) is 11.1 Å². The molecule has 0 aromatic heterocycles. The summed E-state index contributed by atoms with van der Waals surface area (Å²) in [5, 5.41) is 8.99. The van der Waals surface area contributed by atoms with E-state index in [1.165, 1.54) is 0 Å². The van der Waals surface area contributed by atoms with Crippen LogP contribution in [0.15, 0.2) is 18.2 Å². The van der Waals surface area contributed by atoms with Gasteiger partial charge in [0, 0.05) is 11.1 Å². The zero-order valence-corrected chi connectivity index (χ0v) is 7.49. The second kappa shape index (κ2) is 4.81. The third kappa shape index (κ3) is 2.18. The van der Waals surface area contributed by atoms with E-state index in [-0.39, 0.29) is 13.2 Å². The number of nitrogens with two attached hydrogens (primary N) is 1. The summed E-state index contributed by atoms with van der Waals surface area (Å²) in [6.07, 6.45) is 0. The van der Waals surface area contributed by atoms with E-state index in [0.717, 1.165) is 11.1 Å². The lowest BCUT2D eigenvalue weighted by atomic mass is 10.1. The first-order valence-electron chi connectivity index (χ1n) is 3.90. The number of para-hydroxylation sites is 1. The molecule has 0 aliphatic carbocycles. The Labute approximate surface area is 76.8 Å². The molecule has 0 amide bonds. The van der Waals surface area contributed by atoms with E-state index < -0.39 is 0 Å². The molecule has 3 N–H and O–H groups in total. The fraction of sp³-hybridized carbons (Fsp3) is 0.333. The van der Waals surface area contributed by atoms with Crippen molar-refractivity contribution in [3.05, 3.63) is 29.3 Å². The van der Waals surface area contributed by atoms with Gasteiger partial charge in [-0.15, -0.1) is 0 Å². The monoisotopic (exact) mass is 183 g/mol. The van der Waals surface area contributed by atoms with E-state index in [1.807, 2.05) is 12.1 Å². The summed E-state index contributed by atoms with van der Waals surface area (Å²) in [6, 6.07) is 5.45. The SMILES string of the molecule is COc1c(CO)cccc1CON. The van der Waals surface area contributed by atoms with Gasteiger partial charge in [-0.3, -0.25) is 4.84 Å². The fourth-order valence-electron chi connectivity index (χ4n) is 1.23. The summed E-state index contributed by atoms with van der Waals surface area (Å²) in [6.45, 7) is 0.221. The zero-order valence-electron chi connectivity index (χ0n) is 7.49. The molecule has 4 heteroatoms. The summed E-state index contributed by atoms with van der Waals surface area (Å²) in [4.78, 5) is 4.51. The summed E-state index contributed by atoms with van der Waals surface area (Å²) in [5.41, 5.74) is 1.56. The lowest BCUT2D eigenvalue weighted by Crippen LogP contribution is -2.03. The largest absolute Gasteiger partial charge is 0.496 e. The van der Waals surface area contributed by atoms with Crippen molar-refractivity contribution in [2.45, 2.75) is 13.2 Å². The number of ether oxygens (including phenoxy) is 1. The maximum absolute atomic E-state index is 8.99. The molecule has 0 saturated carbocycles. The van der Waals surface area contributed by atoms with E-state index in [9.17, 15) is 0 Å². The summed E-state index contributed by atoms with van der Waals surface area (Å²) < 4.78 is 5.12. The number of aliphatic hydroxyl groups excluding tert-OH is 1. The predicted molar refractivity (Wildman–Crippen MR) is 47.9 cm³/mol. The van der Waals surface area contributed by atoms with Crippen LogP contribution in [0.2, 0.25) is 0 Å². The quantitative estimate of drug-likeness (QED) is 0.670. The third-order valence-corrected chi connectivity index (χ3v) is 1.79. The van der Waals surface area contributed by atoms with Gasteiger partial charge in [-0.05, 0) is 0 Å². The molecule has 0 aliphatic heterocycles. The number of rotatable bonds is 4. The molecule has 0 unspecified atom stereocenters. The average molecular weight is 183 g/mol. The molecule has 1 aromatic carbocycles. The number of hydrogen-bond acceptors (Lipinski definition) is 4. The normalized spacial score (nSPS) is 10.1. The van der Waals surface area contributed by atoms with Crippen molar-refractivity contribution < 1.29 is 14.7 Å². The number of aliphatic hydroxyl groups is 1. The topological polar surface area (TPSA) is 64.7 Å². The van der Waals surface area contributed by atoms with Gasteiger partial charge in [0.15, 0.2) is 0 Å². The number of methoxy groups -OCH3 is 1. The van der Waals surface area contributed by atoms with Gasteiger partial charge in [0.25, 0.3) is 0 Å². The van der Waals surface area contributed by atoms with Crippen molar-refractivity contribution in [3.63, 3.8) is 0 Å². The molecule has 13 heavy (non-hydrogen) atoms. The van der Waals surface area contributed by atoms with Crippen molar-refractivity contribution in [1.82, 2.24) is 0 Å². The molecule has 0 spiro atoms. The third-order valence-electron chi connectivity index (χ3n) is 1.79. The summed E-state index contributed by atoms with van der Waals surface area (Å²) >= 11 is 0. The minimum Gasteiger partial charge on any atom is -0.496 e. The Morgan fingerprint density at radius 1 is 1.38 bits per heavy atom. The Bertz CT molecular complexity index is 276. The smallest absolute Gasteiger partial charge is 0.129 e. The van der Waals surface area contributed by atoms with Crippen molar-refractivity contribution in [3.8, 4) is 5.75 Å². The highest BCUT2D eigenvalue weighted by Gasteiger charge is 2.07. The fourth-order valence-corrected chi connectivity index (χ4v) is 1.23. The van der Waals surface area contributed by atoms with Gasteiger partial charge in [0.1, 0.15) is 5.75 Å². The van der Waals surface area contributed by atoms with Crippen LogP contribution in [0, 0.1) is 0 Å². The van der Waals surface area contributed by atoms with Gasteiger partial charge < -0.3 is 9.84 Å². The first-order chi connectivity index (χ1) is 6.33. The molecule has 0 fully saturated rings. The first kappa shape index (κ1) is 9.98. The minimum atomic E-state index is -0.0540. The van der Waals surface area contributed by atoms with Crippen molar-refractivity contribution in [2.24, 2.45) is 5.90 Å². The standard InChI is InChI=1S/C9H13NO3/c1-12-9-7(5-11)3-2-4-8(9)6-13-10/h2-4,11H,5-6,10H2,1H3. The van der Waals surface area contributed by atoms with Crippen LogP contribution >= 0.6 is 0 Å². The molecule has 72 valence electrons. The van der Waals surface area contributed by atoms with E-state index in [2.05, 4.69) is 4.84 Å². The molecule has 0 atom stereocenters. The first-order valence-corrected chi connectivity index (χ1v) is 3.90. The van der Waals surface area contributed by atoms with Gasteiger partial charge in [-0.2, -0.15) is 0 Å². The highest BCUT2D eigenvalue weighted by atomic mass is 16.6. The Morgan fingerprint density at radius 3 is 2.62 bits per heavy atom. The predicted octanol–water partition coefficient (Wildman–Crippen LogP) is 0.578. The average Bonchev–Trinajstić information content (AvgIpc) is 2.18. The van der Waals surface area contributed by atoms with Crippen LogP contribution in [0.5, 0.6) is 5.75 Å². The highest BCUT2D eigenvalue weighted by Crippen LogP contribution is 2.23. The van der Waals surface area contributed by atoms with E-state index in [0.29, 0.717) is 5.75 Å². The molecule has 0 saturated heterocycles. The second-order valence-corrected chi connectivity index (χ2v) is 2.58. The van der Waals surface area contributed by atoms with Crippen molar-refractivity contribution in [2.75, 3.05) is 7.11 Å². The highest BCUT2D eigenvalue weighted by molar-refractivity contribution is 5.40. The zero-order chi connectivity index (χ0) is 9.68. The maximum Gasteiger partial charge on any atom is 0.129 e. The maximum atomic E-state index is 8.99. The molecular weight excluding hydrogens is 170 g/mol. The second-order valence-electron chi connectivity index (χ2n) is 2.58. The molecule has 0 radical (unpaired) electrons. The molecule has 0 heterocycles. The van der Waals surface area contributed by atoms with Crippen LogP contribution in [0.25, 0.3) is 0 Å². The Kier molecular flexibility index (Phi) is 3.70. The summed E-state index contributed by atoms with van der Waals surface area (Å²) in [7, 11) is 1.55. The Morgan fingerprint density at radius 2 is 2.08 bits per heavy atom. The van der Waals surface area contributed by atoms with Gasteiger partial charge in [-0.1, -0.05) is 18.2 Å². The molecule has 0 bridgehead atoms. The Balaban J connectivity index is 3.03. The summed E-state index contributed by atoms with van der Waals surface area (Å²) in [5.74, 6) is 5.59. The lowest BCUT2D eigenvalue weighted by molar-refractivity contribution is 0.121. The van der Waals surface area contributed by atoms with Gasteiger partial charge in [0.05, 0.1) is 20.3 Å². The number of benzene rings is 1. The van der Waals surface area contributed by atoms with Crippen molar-refractivity contribution >= 4 is 0 Å². The van der Waals surface area contributed by atoms with Crippen molar-refractivity contribution in [1.29, 1.82) is 0 Å². The Hall–Kier alpha value is -1.10. The molecule has 1 aromatic rings. The van der Waals surface area contributed by atoms with Crippen LogP contribution in [0.3, 0.4) is 0 Å². The lowest BCUT2D eigenvalue weighted by Gasteiger charge is -2.10. The van der Waals surface area contributed by atoms with E-state index >= 15 is 0 Å².